The monoisotopic (exact) mass is 1450 g/mol. The highest BCUT2D eigenvalue weighted by Gasteiger charge is 2.30. The van der Waals surface area contributed by atoms with E-state index in [1.165, 1.54) is 238 Å². The fourth-order valence-electron chi connectivity index (χ4n) is 12.3. The minimum atomic E-state index is -4.96. The first-order chi connectivity index (χ1) is 47.9. The molecule has 3 N–H and O–H groups in total. The topological polar surface area (TPSA) is 237 Å². The molecule has 0 bridgehead atoms. The van der Waals surface area contributed by atoms with Gasteiger partial charge in [0, 0.05) is 25.7 Å². The molecule has 0 heterocycles. The van der Waals surface area contributed by atoms with Crippen LogP contribution in [0.2, 0.25) is 0 Å². The second kappa shape index (κ2) is 71.7. The van der Waals surface area contributed by atoms with Gasteiger partial charge in [0.25, 0.3) is 0 Å². The highest BCUT2D eigenvalue weighted by molar-refractivity contribution is 7.47. The zero-order valence-corrected chi connectivity index (χ0v) is 66.6. The van der Waals surface area contributed by atoms with Gasteiger partial charge in [0.15, 0.2) is 12.2 Å². The molecule has 6 atom stereocenters. The molecule has 0 amide bonds. The van der Waals surface area contributed by atoms with Crippen molar-refractivity contribution in [3.05, 3.63) is 0 Å². The Morgan fingerprint density at radius 2 is 0.515 bits per heavy atom. The van der Waals surface area contributed by atoms with E-state index < -0.39 is 97.5 Å². The van der Waals surface area contributed by atoms with Crippen LogP contribution >= 0.6 is 15.6 Å². The molecule has 0 aliphatic heterocycles. The minimum Gasteiger partial charge on any atom is -0.462 e. The number of hydrogen-bond acceptors (Lipinski definition) is 15. The summed E-state index contributed by atoms with van der Waals surface area (Å²) in [7, 11) is -9.92. The lowest BCUT2D eigenvalue weighted by atomic mass is 9.99. The number of phosphoric ester groups is 2. The molecule has 0 fully saturated rings. The SMILES string of the molecule is CCCCCCCCCCCCCCCCCCCC(=O)OC[C@H](COP(=O)(O)OC[C@@H](O)COP(=O)(O)OC[C@@H](COC(=O)CCCCCCCCCCC(C)CC)OC(=O)CCCCCCCCCCCCCCC)OC(=O)CCCCCCCCCCCCCCCCC(C)C. The van der Waals surface area contributed by atoms with Gasteiger partial charge in [-0.3, -0.25) is 37.3 Å². The van der Waals surface area contributed by atoms with Crippen molar-refractivity contribution in [1.29, 1.82) is 0 Å². The van der Waals surface area contributed by atoms with E-state index in [4.69, 9.17) is 37.0 Å². The fraction of sp³-hybridized carbons (Fsp3) is 0.950. The molecule has 0 aromatic carbocycles. The standard InChI is InChI=1S/C80H156O17P2/c1-7-10-12-14-16-18-20-22-23-24-25-30-33-37-44-50-56-62-77(82)90-68-75(96-80(85)65-59-53-47-39-35-31-27-26-29-32-36-42-48-54-60-72(4)5)70-94-98(86,87)92-66-74(81)67-93-99(88,89)95-71-76(69-91-78(83)63-57-51-45-41-40-43-49-55-61-73(6)9-3)97-79(84)64-58-52-46-38-34-28-21-19-17-15-13-11-8-2/h72-76,81H,7-71H2,1-6H3,(H,86,87)(H,88,89)/t73?,74-,75-,76-/m1/s1. The molecule has 99 heavy (non-hydrogen) atoms. The van der Waals surface area contributed by atoms with Crippen LogP contribution in [0.3, 0.4) is 0 Å². The van der Waals surface area contributed by atoms with Gasteiger partial charge in [0.1, 0.15) is 19.3 Å². The van der Waals surface area contributed by atoms with E-state index in [-0.39, 0.29) is 25.7 Å². The Morgan fingerprint density at radius 3 is 0.768 bits per heavy atom. The second-order valence-electron chi connectivity index (χ2n) is 29.5. The molecule has 0 saturated carbocycles. The molecular weight excluding hydrogens is 1290 g/mol. The zero-order chi connectivity index (χ0) is 72.8. The maximum absolute atomic E-state index is 13.1. The third-order valence-electron chi connectivity index (χ3n) is 19.1. The third kappa shape index (κ3) is 72.8. The van der Waals surface area contributed by atoms with E-state index in [1.807, 2.05) is 0 Å². The lowest BCUT2D eigenvalue weighted by Crippen LogP contribution is -2.30. The predicted molar refractivity (Wildman–Crippen MR) is 405 cm³/mol. The number of rotatable bonds is 79. The average Bonchev–Trinajstić information content (AvgIpc) is 1.21. The summed E-state index contributed by atoms with van der Waals surface area (Å²) in [6.45, 7) is 9.66. The molecule has 17 nitrogen and oxygen atoms in total. The number of unbranched alkanes of at least 4 members (excludes halogenated alkanes) is 48. The van der Waals surface area contributed by atoms with Gasteiger partial charge < -0.3 is 33.8 Å². The number of aliphatic hydroxyl groups excluding tert-OH is 1. The van der Waals surface area contributed by atoms with Crippen LogP contribution in [0.5, 0.6) is 0 Å². The number of ether oxygens (including phenoxy) is 4. The molecule has 0 spiro atoms. The average molecular weight is 1450 g/mol. The minimum absolute atomic E-state index is 0.107. The number of esters is 4. The number of phosphoric acid groups is 2. The van der Waals surface area contributed by atoms with Crippen molar-refractivity contribution in [3.8, 4) is 0 Å². The van der Waals surface area contributed by atoms with Gasteiger partial charge in [-0.2, -0.15) is 0 Å². The van der Waals surface area contributed by atoms with Gasteiger partial charge in [-0.15, -0.1) is 0 Å². The first kappa shape index (κ1) is 97.1. The number of carbonyl (C=O) groups excluding carboxylic acids is 4. The van der Waals surface area contributed by atoms with Crippen LogP contribution in [0.1, 0.15) is 420 Å². The summed E-state index contributed by atoms with van der Waals surface area (Å²) in [5.41, 5.74) is 0. The molecular formula is C80H156O17P2. The van der Waals surface area contributed by atoms with Crippen LogP contribution in [0.4, 0.5) is 0 Å². The van der Waals surface area contributed by atoms with Crippen molar-refractivity contribution in [1.82, 2.24) is 0 Å². The van der Waals surface area contributed by atoms with Crippen molar-refractivity contribution in [2.45, 2.75) is 439 Å². The van der Waals surface area contributed by atoms with Crippen LogP contribution in [-0.4, -0.2) is 96.7 Å². The second-order valence-corrected chi connectivity index (χ2v) is 32.4. The Balaban J connectivity index is 5.26. The zero-order valence-electron chi connectivity index (χ0n) is 64.8. The molecule has 0 aliphatic rings. The molecule has 0 rings (SSSR count). The number of hydrogen-bond donors (Lipinski definition) is 3. The molecule has 0 aromatic heterocycles. The first-order valence-corrected chi connectivity index (χ1v) is 44.5. The van der Waals surface area contributed by atoms with Crippen LogP contribution in [0.25, 0.3) is 0 Å². The van der Waals surface area contributed by atoms with Crippen LogP contribution < -0.4 is 0 Å². The van der Waals surface area contributed by atoms with Crippen molar-refractivity contribution < 1.29 is 80.2 Å². The quantitative estimate of drug-likeness (QED) is 0.0222. The summed E-state index contributed by atoms with van der Waals surface area (Å²) in [5.74, 6) is -0.535. The lowest BCUT2D eigenvalue weighted by Gasteiger charge is -2.21. The van der Waals surface area contributed by atoms with Crippen molar-refractivity contribution in [2.24, 2.45) is 11.8 Å². The Kier molecular flexibility index (Phi) is 70.3. The molecule has 0 radical (unpaired) electrons. The molecule has 0 aromatic rings. The summed E-state index contributed by atoms with van der Waals surface area (Å²) in [6.07, 6.45) is 60.9. The lowest BCUT2D eigenvalue weighted by molar-refractivity contribution is -0.161. The Bertz CT molecular complexity index is 1910. The molecule has 588 valence electrons. The van der Waals surface area contributed by atoms with E-state index >= 15 is 0 Å². The number of aliphatic hydroxyl groups is 1. The molecule has 0 saturated heterocycles. The molecule has 0 aliphatic carbocycles. The predicted octanol–water partition coefficient (Wildman–Crippen LogP) is 23.9. The summed E-state index contributed by atoms with van der Waals surface area (Å²) >= 11 is 0. The van der Waals surface area contributed by atoms with Crippen LogP contribution in [0.15, 0.2) is 0 Å². The van der Waals surface area contributed by atoms with Crippen LogP contribution in [-0.2, 0) is 65.4 Å². The fourth-order valence-corrected chi connectivity index (χ4v) is 13.9. The molecule has 19 heteroatoms. The normalized spacial score (nSPS) is 14.2. The first-order valence-electron chi connectivity index (χ1n) is 41.5. The maximum Gasteiger partial charge on any atom is 0.472 e. The van der Waals surface area contributed by atoms with Gasteiger partial charge in [-0.05, 0) is 37.5 Å². The highest BCUT2D eigenvalue weighted by Crippen LogP contribution is 2.45. The Hall–Kier alpha value is -1.94. The van der Waals surface area contributed by atoms with E-state index in [0.717, 1.165) is 102 Å². The number of carbonyl (C=O) groups is 4. The van der Waals surface area contributed by atoms with Crippen molar-refractivity contribution in [2.75, 3.05) is 39.6 Å². The van der Waals surface area contributed by atoms with E-state index in [2.05, 4.69) is 41.5 Å². The summed E-state index contributed by atoms with van der Waals surface area (Å²) in [4.78, 5) is 73.0. The highest BCUT2D eigenvalue weighted by atomic mass is 31.2. The van der Waals surface area contributed by atoms with Gasteiger partial charge in [0.05, 0.1) is 26.4 Å². The van der Waals surface area contributed by atoms with Gasteiger partial charge >= 0.3 is 39.5 Å². The van der Waals surface area contributed by atoms with Gasteiger partial charge in [-0.1, -0.05) is 369 Å². The molecule has 3 unspecified atom stereocenters. The van der Waals surface area contributed by atoms with E-state index in [0.29, 0.717) is 25.7 Å². The van der Waals surface area contributed by atoms with Crippen molar-refractivity contribution in [3.63, 3.8) is 0 Å². The van der Waals surface area contributed by atoms with Gasteiger partial charge in [0.2, 0.25) is 0 Å². The Labute approximate surface area is 607 Å². The Morgan fingerprint density at radius 1 is 0.293 bits per heavy atom. The summed E-state index contributed by atoms with van der Waals surface area (Å²) in [5, 5.41) is 10.6. The largest absolute Gasteiger partial charge is 0.472 e. The van der Waals surface area contributed by atoms with E-state index in [9.17, 15) is 43.2 Å². The van der Waals surface area contributed by atoms with E-state index in [1.54, 1.807) is 0 Å². The summed E-state index contributed by atoms with van der Waals surface area (Å²) in [6, 6.07) is 0. The van der Waals surface area contributed by atoms with Crippen LogP contribution in [0, 0.1) is 11.8 Å². The third-order valence-corrected chi connectivity index (χ3v) is 21.0. The van der Waals surface area contributed by atoms with Gasteiger partial charge in [-0.25, -0.2) is 9.13 Å². The maximum atomic E-state index is 13.1. The smallest absolute Gasteiger partial charge is 0.462 e. The van der Waals surface area contributed by atoms with Crippen molar-refractivity contribution >= 4 is 39.5 Å². The summed E-state index contributed by atoms with van der Waals surface area (Å²) < 4.78 is 68.7.